The Morgan fingerprint density at radius 2 is 1.82 bits per heavy atom. The monoisotopic (exact) mass is 287 g/mol. The first-order valence-corrected chi connectivity index (χ1v) is 6.97. The molecule has 0 spiro atoms. The molecule has 5 heteroatoms. The van der Waals surface area contributed by atoms with Crippen LogP contribution in [0, 0.1) is 0 Å². The number of hydrogen-bond acceptors (Lipinski definition) is 3. The van der Waals surface area contributed by atoms with Crippen molar-refractivity contribution in [2.45, 2.75) is 0 Å². The minimum absolute atomic E-state index is 0.751. The van der Waals surface area contributed by atoms with Crippen LogP contribution in [0.15, 0.2) is 54.9 Å². The molecule has 0 fully saturated rings. The van der Waals surface area contributed by atoms with Gasteiger partial charge in [-0.15, -0.1) is 0 Å². The first-order chi connectivity index (χ1) is 10.9. The zero-order chi connectivity index (χ0) is 14.8. The third-order valence-electron chi connectivity index (χ3n) is 3.51. The fraction of sp³-hybridized carbons (Fsp3) is 0. The van der Waals surface area contributed by atoms with Crippen LogP contribution < -0.4 is 0 Å². The molecule has 0 saturated carbocycles. The van der Waals surface area contributed by atoms with Gasteiger partial charge in [0.25, 0.3) is 0 Å². The molecule has 0 bridgehead atoms. The Bertz CT molecular complexity index is 920. The number of benzene rings is 2. The van der Waals surface area contributed by atoms with Gasteiger partial charge in [0.15, 0.2) is 5.82 Å². The standard InChI is InChI=1S/C17H13N5/c1-2-4-12(5-3-1)6-8-15-14-10-13(17-18-11-19-22-17)7-9-16(14)21-20-15/h1-11H,(H,20,21)(H,18,19,22). The van der Waals surface area contributed by atoms with Crippen LogP contribution in [0.25, 0.3) is 34.4 Å². The van der Waals surface area contributed by atoms with E-state index in [4.69, 9.17) is 0 Å². The summed E-state index contributed by atoms with van der Waals surface area (Å²) in [7, 11) is 0. The van der Waals surface area contributed by atoms with Gasteiger partial charge >= 0.3 is 0 Å². The number of nitrogens with one attached hydrogen (secondary N) is 2. The molecule has 0 atom stereocenters. The average molecular weight is 287 g/mol. The van der Waals surface area contributed by atoms with E-state index < -0.39 is 0 Å². The van der Waals surface area contributed by atoms with Gasteiger partial charge < -0.3 is 0 Å². The highest BCUT2D eigenvalue weighted by atomic mass is 15.2. The van der Waals surface area contributed by atoms with Gasteiger partial charge in [0.05, 0.1) is 11.2 Å². The highest BCUT2D eigenvalue weighted by Crippen LogP contribution is 2.24. The van der Waals surface area contributed by atoms with Crippen LogP contribution in [0.3, 0.4) is 0 Å². The van der Waals surface area contributed by atoms with Crippen molar-refractivity contribution in [3.8, 4) is 11.4 Å². The molecular weight excluding hydrogens is 274 g/mol. The summed E-state index contributed by atoms with van der Waals surface area (Å²) >= 11 is 0. The normalized spacial score (nSPS) is 11.5. The summed E-state index contributed by atoms with van der Waals surface area (Å²) in [4.78, 5) is 4.19. The van der Waals surface area contributed by atoms with Gasteiger partial charge in [0.1, 0.15) is 6.33 Å². The van der Waals surface area contributed by atoms with Gasteiger partial charge in [-0.2, -0.15) is 10.2 Å². The zero-order valence-corrected chi connectivity index (χ0v) is 11.7. The molecule has 0 aliphatic heterocycles. The molecule has 0 aliphatic carbocycles. The molecule has 106 valence electrons. The molecule has 0 unspecified atom stereocenters. The lowest BCUT2D eigenvalue weighted by molar-refractivity contribution is 1.10. The number of fused-ring (bicyclic) bond motifs is 1. The predicted molar refractivity (Wildman–Crippen MR) is 86.8 cm³/mol. The van der Waals surface area contributed by atoms with Crippen LogP contribution in [-0.4, -0.2) is 25.4 Å². The molecule has 2 heterocycles. The van der Waals surface area contributed by atoms with Crippen molar-refractivity contribution < 1.29 is 0 Å². The lowest BCUT2D eigenvalue weighted by atomic mass is 10.1. The number of nitrogens with zero attached hydrogens (tertiary/aromatic N) is 3. The van der Waals surface area contributed by atoms with Crippen LogP contribution in [0.1, 0.15) is 11.3 Å². The van der Waals surface area contributed by atoms with E-state index in [2.05, 4.69) is 49.7 Å². The Hall–Kier alpha value is -3.21. The molecule has 2 N–H and O–H groups in total. The van der Waals surface area contributed by atoms with Gasteiger partial charge in [0, 0.05) is 10.9 Å². The zero-order valence-electron chi connectivity index (χ0n) is 11.7. The van der Waals surface area contributed by atoms with E-state index in [0.717, 1.165) is 33.5 Å². The lowest BCUT2D eigenvalue weighted by Gasteiger charge is -1.97. The molecule has 5 nitrogen and oxygen atoms in total. The molecule has 22 heavy (non-hydrogen) atoms. The van der Waals surface area contributed by atoms with Crippen LogP contribution in [0.5, 0.6) is 0 Å². The molecular formula is C17H13N5. The SMILES string of the molecule is C(=Cc1n[nH]c2ccc(-c3ncn[nH]3)cc12)c1ccccc1. The minimum Gasteiger partial charge on any atom is -0.277 e. The number of aromatic amines is 2. The predicted octanol–water partition coefficient (Wildman–Crippen LogP) is 3.52. The van der Waals surface area contributed by atoms with Gasteiger partial charge in [-0.3, -0.25) is 10.2 Å². The molecule has 0 saturated heterocycles. The number of rotatable bonds is 3. The van der Waals surface area contributed by atoms with Crippen molar-refractivity contribution in [1.82, 2.24) is 25.4 Å². The van der Waals surface area contributed by atoms with Gasteiger partial charge in [-0.05, 0) is 29.8 Å². The summed E-state index contributed by atoms with van der Waals surface area (Å²) in [5.41, 5.74) is 4.03. The highest BCUT2D eigenvalue weighted by Gasteiger charge is 2.06. The van der Waals surface area contributed by atoms with Crippen molar-refractivity contribution in [1.29, 1.82) is 0 Å². The number of H-pyrrole nitrogens is 2. The molecule has 0 radical (unpaired) electrons. The fourth-order valence-electron chi connectivity index (χ4n) is 2.39. The number of aromatic nitrogens is 5. The van der Waals surface area contributed by atoms with Gasteiger partial charge in [-0.1, -0.05) is 36.4 Å². The van der Waals surface area contributed by atoms with Crippen LogP contribution in [0.2, 0.25) is 0 Å². The molecule has 2 aromatic heterocycles. The summed E-state index contributed by atoms with van der Waals surface area (Å²) in [5.74, 6) is 0.751. The van der Waals surface area contributed by atoms with Crippen molar-refractivity contribution in [2.75, 3.05) is 0 Å². The van der Waals surface area contributed by atoms with E-state index >= 15 is 0 Å². The van der Waals surface area contributed by atoms with E-state index in [0.29, 0.717) is 0 Å². The average Bonchev–Trinajstić information content (AvgIpc) is 3.23. The van der Waals surface area contributed by atoms with E-state index in [-0.39, 0.29) is 0 Å². The van der Waals surface area contributed by atoms with Gasteiger partial charge in [-0.25, -0.2) is 4.98 Å². The Morgan fingerprint density at radius 1 is 0.909 bits per heavy atom. The van der Waals surface area contributed by atoms with E-state index in [1.54, 1.807) is 0 Å². The second-order valence-corrected chi connectivity index (χ2v) is 4.95. The Morgan fingerprint density at radius 3 is 2.64 bits per heavy atom. The maximum atomic E-state index is 4.37. The lowest BCUT2D eigenvalue weighted by Crippen LogP contribution is -1.81. The van der Waals surface area contributed by atoms with Crippen molar-refractivity contribution in [3.05, 3.63) is 66.1 Å². The quantitative estimate of drug-likeness (QED) is 0.605. The van der Waals surface area contributed by atoms with E-state index in [9.17, 15) is 0 Å². The third-order valence-corrected chi connectivity index (χ3v) is 3.51. The fourth-order valence-corrected chi connectivity index (χ4v) is 2.39. The first kappa shape index (κ1) is 12.5. The third kappa shape index (κ3) is 2.29. The van der Waals surface area contributed by atoms with E-state index in [1.165, 1.54) is 6.33 Å². The summed E-state index contributed by atoms with van der Waals surface area (Å²) in [6, 6.07) is 16.2. The van der Waals surface area contributed by atoms with Gasteiger partial charge in [0.2, 0.25) is 0 Å². The van der Waals surface area contributed by atoms with Crippen LogP contribution in [0.4, 0.5) is 0 Å². The van der Waals surface area contributed by atoms with Crippen LogP contribution >= 0.6 is 0 Å². The van der Waals surface area contributed by atoms with Crippen LogP contribution in [-0.2, 0) is 0 Å². The summed E-state index contributed by atoms with van der Waals surface area (Å²) in [6.07, 6.45) is 5.57. The maximum absolute atomic E-state index is 4.37. The summed E-state index contributed by atoms with van der Waals surface area (Å²) in [6.45, 7) is 0. The molecule has 2 aromatic carbocycles. The largest absolute Gasteiger partial charge is 0.277 e. The molecule has 0 amide bonds. The van der Waals surface area contributed by atoms with Crippen molar-refractivity contribution >= 4 is 23.1 Å². The summed E-state index contributed by atoms with van der Waals surface area (Å²) < 4.78 is 0. The van der Waals surface area contributed by atoms with Crippen molar-refractivity contribution in [2.24, 2.45) is 0 Å². The van der Waals surface area contributed by atoms with Crippen molar-refractivity contribution in [3.63, 3.8) is 0 Å². The molecule has 4 rings (SSSR count). The Balaban J connectivity index is 1.75. The number of hydrogen-bond donors (Lipinski definition) is 2. The minimum atomic E-state index is 0.751. The highest BCUT2D eigenvalue weighted by molar-refractivity contribution is 5.91. The molecule has 0 aliphatic rings. The smallest absolute Gasteiger partial charge is 0.155 e. The second kappa shape index (κ2) is 5.29. The Kier molecular flexibility index (Phi) is 3.01. The Labute approximate surface area is 126 Å². The first-order valence-electron chi connectivity index (χ1n) is 6.97. The van der Waals surface area contributed by atoms with E-state index in [1.807, 2.05) is 36.4 Å². The summed E-state index contributed by atoms with van der Waals surface area (Å²) in [5, 5.41) is 15.2. The topological polar surface area (TPSA) is 70.2 Å². The second-order valence-electron chi connectivity index (χ2n) is 4.95. The molecule has 4 aromatic rings. The maximum Gasteiger partial charge on any atom is 0.155 e.